The number of benzene rings is 2. The third-order valence-corrected chi connectivity index (χ3v) is 6.25. The van der Waals surface area contributed by atoms with Gasteiger partial charge in [0.1, 0.15) is 5.82 Å². The normalized spacial score (nSPS) is 15.7. The van der Waals surface area contributed by atoms with Crippen LogP contribution >= 0.6 is 11.8 Å². The number of thioether (sulfide) groups is 1. The molecule has 0 spiro atoms. The van der Waals surface area contributed by atoms with Crippen LogP contribution in [0.4, 0.5) is 10.1 Å². The third-order valence-electron chi connectivity index (χ3n) is 5.01. The van der Waals surface area contributed by atoms with Gasteiger partial charge in [0, 0.05) is 28.7 Å². The highest BCUT2D eigenvalue weighted by molar-refractivity contribution is 8.00. The quantitative estimate of drug-likeness (QED) is 0.513. The van der Waals surface area contributed by atoms with E-state index in [0.29, 0.717) is 23.2 Å². The van der Waals surface area contributed by atoms with Gasteiger partial charge in [-0.15, -0.1) is 11.8 Å². The van der Waals surface area contributed by atoms with Gasteiger partial charge in [-0.3, -0.25) is 9.59 Å². The van der Waals surface area contributed by atoms with Crippen molar-refractivity contribution in [3.63, 3.8) is 0 Å². The first kappa shape index (κ1) is 22.0. The summed E-state index contributed by atoms with van der Waals surface area (Å²) in [5.41, 5.74) is 1.46. The molecular formula is C23H22FN3O4S. The highest BCUT2D eigenvalue weighted by Gasteiger charge is 2.25. The summed E-state index contributed by atoms with van der Waals surface area (Å²) in [7, 11) is 0. The number of carbonyl (C=O) groups excluding carboxylic acids is 2. The van der Waals surface area contributed by atoms with E-state index >= 15 is 0 Å². The number of fused-ring (bicyclic) bond motifs is 1. The number of nitrogens with zero attached hydrogens (tertiary/aromatic N) is 3. The molecule has 9 heteroatoms. The maximum atomic E-state index is 13.0. The van der Waals surface area contributed by atoms with E-state index < -0.39 is 5.97 Å². The van der Waals surface area contributed by atoms with Crippen molar-refractivity contribution in [2.45, 2.75) is 36.3 Å². The monoisotopic (exact) mass is 455 g/mol. The van der Waals surface area contributed by atoms with Gasteiger partial charge in [0.2, 0.25) is 11.7 Å². The van der Waals surface area contributed by atoms with Crippen LogP contribution in [-0.4, -0.2) is 40.4 Å². The molecule has 7 nitrogen and oxygen atoms in total. The molecule has 0 N–H and O–H groups in total. The molecule has 0 saturated carbocycles. The number of ether oxygens (including phenoxy) is 1. The second kappa shape index (κ2) is 9.95. The van der Waals surface area contributed by atoms with Gasteiger partial charge in [-0.2, -0.15) is 4.98 Å². The summed E-state index contributed by atoms with van der Waals surface area (Å²) < 4.78 is 23.4. The van der Waals surface area contributed by atoms with Crippen LogP contribution in [-0.2, 0) is 20.7 Å². The molecule has 1 aromatic heterocycles. The number of halogens is 1. The van der Waals surface area contributed by atoms with Crippen LogP contribution < -0.4 is 4.90 Å². The topological polar surface area (TPSA) is 85.5 Å². The van der Waals surface area contributed by atoms with Gasteiger partial charge in [-0.25, -0.2) is 4.39 Å². The van der Waals surface area contributed by atoms with E-state index in [4.69, 9.17) is 9.26 Å². The van der Waals surface area contributed by atoms with Crippen LogP contribution in [0.15, 0.2) is 57.9 Å². The minimum atomic E-state index is -0.522. The van der Waals surface area contributed by atoms with Crippen molar-refractivity contribution in [3.05, 3.63) is 60.2 Å². The number of para-hydroxylation sites is 1. The molecule has 0 aliphatic carbocycles. The van der Waals surface area contributed by atoms with Crippen molar-refractivity contribution >= 4 is 29.3 Å². The maximum absolute atomic E-state index is 13.0. The van der Waals surface area contributed by atoms with E-state index in [1.165, 1.54) is 12.1 Å². The second-order valence-electron chi connectivity index (χ2n) is 7.41. The van der Waals surface area contributed by atoms with E-state index in [0.717, 1.165) is 17.0 Å². The van der Waals surface area contributed by atoms with Crippen molar-refractivity contribution < 1.29 is 23.2 Å². The third kappa shape index (κ3) is 5.34. The number of hydrogen-bond donors (Lipinski definition) is 0. The Bertz CT molecular complexity index is 1100. The molecule has 32 heavy (non-hydrogen) atoms. The SMILES string of the molecule is CC1CCN(C(=O)COC(=O)CCc2nc(-c3ccc(F)cc3)no2)c2ccccc2S1. The summed E-state index contributed by atoms with van der Waals surface area (Å²) in [6, 6.07) is 13.5. The van der Waals surface area contributed by atoms with Crippen LogP contribution in [0, 0.1) is 5.82 Å². The summed E-state index contributed by atoms with van der Waals surface area (Å²) >= 11 is 1.74. The van der Waals surface area contributed by atoms with E-state index in [1.54, 1.807) is 28.8 Å². The van der Waals surface area contributed by atoms with E-state index in [1.807, 2.05) is 24.3 Å². The molecule has 0 radical (unpaired) electrons. The van der Waals surface area contributed by atoms with Gasteiger partial charge < -0.3 is 14.2 Å². The van der Waals surface area contributed by atoms with Gasteiger partial charge in [-0.1, -0.05) is 24.2 Å². The number of rotatable bonds is 6. The predicted octanol–water partition coefficient (Wildman–Crippen LogP) is 4.27. The summed E-state index contributed by atoms with van der Waals surface area (Å²) in [6.07, 6.45) is 1.04. The maximum Gasteiger partial charge on any atom is 0.306 e. The zero-order chi connectivity index (χ0) is 22.5. The molecule has 4 rings (SSSR count). The Morgan fingerprint density at radius 3 is 2.81 bits per heavy atom. The number of hydrogen-bond acceptors (Lipinski definition) is 7. The smallest absolute Gasteiger partial charge is 0.306 e. The van der Waals surface area contributed by atoms with Crippen molar-refractivity contribution in [2.75, 3.05) is 18.1 Å². The van der Waals surface area contributed by atoms with Gasteiger partial charge in [0.15, 0.2) is 6.61 Å². The molecule has 0 saturated heterocycles. The van der Waals surface area contributed by atoms with Crippen LogP contribution in [0.25, 0.3) is 11.4 Å². The second-order valence-corrected chi connectivity index (χ2v) is 8.89. The van der Waals surface area contributed by atoms with Crippen LogP contribution in [0.3, 0.4) is 0 Å². The predicted molar refractivity (Wildman–Crippen MR) is 118 cm³/mol. The highest BCUT2D eigenvalue weighted by atomic mass is 32.2. The van der Waals surface area contributed by atoms with Crippen LogP contribution in [0.1, 0.15) is 25.7 Å². The largest absolute Gasteiger partial charge is 0.456 e. The first-order valence-corrected chi connectivity index (χ1v) is 11.2. The molecule has 0 fully saturated rings. The molecule has 2 heterocycles. The van der Waals surface area contributed by atoms with Gasteiger partial charge in [0.05, 0.1) is 12.1 Å². The molecule has 1 unspecified atom stereocenters. The van der Waals surface area contributed by atoms with Crippen molar-refractivity contribution in [1.82, 2.24) is 10.1 Å². The first-order valence-electron chi connectivity index (χ1n) is 10.3. The molecule has 3 aromatic rings. The van der Waals surface area contributed by atoms with Crippen LogP contribution in [0.2, 0.25) is 0 Å². The lowest BCUT2D eigenvalue weighted by atomic mass is 10.2. The summed E-state index contributed by atoms with van der Waals surface area (Å²) in [6.45, 7) is 2.39. The average molecular weight is 456 g/mol. The molecule has 1 amide bonds. The van der Waals surface area contributed by atoms with Gasteiger partial charge >= 0.3 is 5.97 Å². The zero-order valence-electron chi connectivity index (χ0n) is 17.5. The van der Waals surface area contributed by atoms with Gasteiger partial charge in [0.25, 0.3) is 5.91 Å². The van der Waals surface area contributed by atoms with E-state index in [-0.39, 0.29) is 37.1 Å². The van der Waals surface area contributed by atoms with Crippen molar-refractivity contribution in [1.29, 1.82) is 0 Å². The molecule has 1 atom stereocenters. The lowest BCUT2D eigenvalue weighted by Crippen LogP contribution is -2.35. The molecule has 2 aromatic carbocycles. The number of anilines is 1. The Kier molecular flexibility index (Phi) is 6.84. The first-order chi connectivity index (χ1) is 15.5. The Labute approximate surface area is 188 Å². The standard InChI is InChI=1S/C23H22FN3O4S/c1-15-12-13-27(18-4-2-3-5-19(18)32-15)21(28)14-30-22(29)11-10-20-25-23(26-31-20)16-6-8-17(24)9-7-16/h2-9,15H,10-14H2,1H3. The van der Waals surface area contributed by atoms with Crippen molar-refractivity contribution in [2.24, 2.45) is 0 Å². The fourth-order valence-corrected chi connectivity index (χ4v) is 4.43. The Balaban J connectivity index is 1.29. The molecule has 1 aliphatic rings. The van der Waals surface area contributed by atoms with E-state index in [9.17, 15) is 14.0 Å². The Hall–Kier alpha value is -3.20. The summed E-state index contributed by atoms with van der Waals surface area (Å²) in [4.78, 5) is 31.9. The lowest BCUT2D eigenvalue weighted by Gasteiger charge is -2.22. The minimum Gasteiger partial charge on any atom is -0.456 e. The number of esters is 1. The Morgan fingerprint density at radius 1 is 1.22 bits per heavy atom. The van der Waals surface area contributed by atoms with E-state index in [2.05, 4.69) is 17.1 Å². The Morgan fingerprint density at radius 2 is 2.00 bits per heavy atom. The summed E-state index contributed by atoms with van der Waals surface area (Å²) in [5, 5.41) is 4.24. The van der Waals surface area contributed by atoms with Gasteiger partial charge in [-0.05, 0) is 42.8 Å². The number of amides is 1. The summed E-state index contributed by atoms with van der Waals surface area (Å²) in [5.74, 6) is -0.551. The van der Waals surface area contributed by atoms with Crippen LogP contribution in [0.5, 0.6) is 0 Å². The lowest BCUT2D eigenvalue weighted by molar-refractivity contribution is -0.147. The fraction of sp³-hybridized carbons (Fsp3) is 0.304. The molecular weight excluding hydrogens is 433 g/mol. The molecule has 0 bridgehead atoms. The number of aryl methyl sites for hydroxylation is 1. The zero-order valence-corrected chi connectivity index (χ0v) is 18.3. The number of aromatic nitrogens is 2. The van der Waals surface area contributed by atoms with Crippen molar-refractivity contribution in [3.8, 4) is 11.4 Å². The number of carbonyl (C=O) groups is 2. The molecule has 166 valence electrons. The fourth-order valence-electron chi connectivity index (χ4n) is 3.32. The minimum absolute atomic E-state index is 0.00179. The highest BCUT2D eigenvalue weighted by Crippen LogP contribution is 2.37. The molecule has 1 aliphatic heterocycles. The average Bonchev–Trinajstić information content (AvgIpc) is 3.19.